The van der Waals surface area contributed by atoms with Crippen molar-refractivity contribution in [1.29, 1.82) is 0 Å². The van der Waals surface area contributed by atoms with Crippen LogP contribution in [0.15, 0.2) is 18.2 Å². The maximum Gasteiger partial charge on any atom is 0.308 e. The van der Waals surface area contributed by atoms with Gasteiger partial charge in [-0.15, -0.1) is 11.3 Å². The van der Waals surface area contributed by atoms with Gasteiger partial charge in [0.2, 0.25) is 12.3 Å². The molecule has 0 aliphatic rings. The maximum atomic E-state index is 14.3. The summed E-state index contributed by atoms with van der Waals surface area (Å²) in [6, 6.07) is 2.49. The van der Waals surface area contributed by atoms with E-state index in [1.165, 1.54) is 12.1 Å². The Kier molecular flexibility index (Phi) is 8.14. The van der Waals surface area contributed by atoms with Gasteiger partial charge < -0.3 is 15.4 Å². The van der Waals surface area contributed by atoms with Gasteiger partial charge in [0.05, 0.1) is 17.5 Å². The van der Waals surface area contributed by atoms with Crippen molar-refractivity contribution in [2.24, 2.45) is 0 Å². The molecule has 0 saturated carbocycles. The molecule has 1 heterocycles. The highest BCUT2D eigenvalue weighted by molar-refractivity contribution is 7.16. The van der Waals surface area contributed by atoms with Crippen LogP contribution < -0.4 is 10.6 Å². The number of anilines is 1. The Morgan fingerprint density at radius 1 is 1.25 bits per heavy atom. The van der Waals surface area contributed by atoms with Crippen molar-refractivity contribution < 1.29 is 28.3 Å². The van der Waals surface area contributed by atoms with E-state index in [0.717, 1.165) is 22.3 Å². The van der Waals surface area contributed by atoms with E-state index in [1.54, 1.807) is 34.6 Å². The number of ketones is 1. The molecule has 0 bridgehead atoms. The van der Waals surface area contributed by atoms with E-state index in [2.05, 4.69) is 10.6 Å². The summed E-state index contributed by atoms with van der Waals surface area (Å²) in [5.74, 6) is -2.79. The first-order chi connectivity index (χ1) is 14.8. The van der Waals surface area contributed by atoms with Crippen LogP contribution in [-0.4, -0.2) is 35.7 Å². The molecule has 2 rings (SSSR count). The second-order valence-corrected chi connectivity index (χ2v) is 9.72. The Labute approximate surface area is 194 Å². The summed E-state index contributed by atoms with van der Waals surface area (Å²) in [4.78, 5) is 49.7. The predicted molar refractivity (Wildman–Crippen MR) is 121 cm³/mol. The quantitative estimate of drug-likeness (QED) is 0.334. The summed E-state index contributed by atoms with van der Waals surface area (Å²) in [7, 11) is 0. The van der Waals surface area contributed by atoms with E-state index < -0.39 is 41.5 Å². The third-order valence-corrected chi connectivity index (χ3v) is 5.76. The van der Waals surface area contributed by atoms with Crippen LogP contribution in [0.2, 0.25) is 5.02 Å². The average molecular weight is 483 g/mol. The number of hydrogen-bond donors (Lipinski definition) is 2. The number of halogens is 2. The standard InChI is InChI=1S/C22H24ClFN2O5S/c1-11-12(2)32-21(18(11)19(29)14-7-6-13(23)8-15(14)24)26-20(30)16(25-10-27)9-17(28)31-22(3,4)5/h6-8,10,16H,9H2,1-5H3,(H,25,27)(H,26,30). The highest BCUT2D eigenvalue weighted by atomic mass is 35.5. The van der Waals surface area contributed by atoms with Crippen LogP contribution in [0, 0.1) is 19.7 Å². The summed E-state index contributed by atoms with van der Waals surface area (Å²) in [6.07, 6.45) is -0.102. The number of thiophene rings is 1. The molecule has 0 saturated heterocycles. The van der Waals surface area contributed by atoms with Crippen molar-refractivity contribution in [3.8, 4) is 0 Å². The molecule has 0 spiro atoms. The Balaban J connectivity index is 2.32. The van der Waals surface area contributed by atoms with E-state index >= 15 is 0 Å². The SMILES string of the molecule is Cc1sc(NC(=O)C(CC(=O)OC(C)(C)C)NC=O)c(C(=O)c2ccc(Cl)cc2F)c1C. The number of esters is 1. The monoisotopic (exact) mass is 482 g/mol. The van der Waals surface area contributed by atoms with Crippen molar-refractivity contribution in [3.05, 3.63) is 50.6 Å². The minimum absolute atomic E-state index is 0.129. The van der Waals surface area contributed by atoms with Gasteiger partial charge >= 0.3 is 5.97 Å². The molecule has 0 aliphatic heterocycles. The Hall–Kier alpha value is -2.78. The van der Waals surface area contributed by atoms with Crippen molar-refractivity contribution in [2.75, 3.05) is 5.32 Å². The number of rotatable bonds is 8. The zero-order chi connectivity index (χ0) is 24.2. The number of amides is 2. The molecule has 1 unspecified atom stereocenters. The van der Waals surface area contributed by atoms with Gasteiger partial charge in [0.15, 0.2) is 5.78 Å². The Bertz CT molecular complexity index is 1060. The van der Waals surface area contributed by atoms with Crippen molar-refractivity contribution >= 4 is 52.0 Å². The molecule has 0 radical (unpaired) electrons. The number of carbonyl (C=O) groups is 4. The largest absolute Gasteiger partial charge is 0.460 e. The van der Waals surface area contributed by atoms with Crippen LogP contribution in [0.1, 0.15) is 53.6 Å². The lowest BCUT2D eigenvalue weighted by atomic mass is 10.0. The summed E-state index contributed by atoms with van der Waals surface area (Å²) < 4.78 is 19.5. The number of benzene rings is 1. The van der Waals surface area contributed by atoms with E-state index in [9.17, 15) is 23.6 Å². The lowest BCUT2D eigenvalue weighted by molar-refractivity contribution is -0.156. The van der Waals surface area contributed by atoms with Gasteiger partial charge in [0.25, 0.3) is 0 Å². The minimum atomic E-state index is -1.22. The molecule has 1 atom stereocenters. The average Bonchev–Trinajstić information content (AvgIpc) is 2.92. The fourth-order valence-corrected chi connectivity index (χ4v) is 4.07. The van der Waals surface area contributed by atoms with Gasteiger partial charge in [0, 0.05) is 9.90 Å². The maximum absolute atomic E-state index is 14.3. The first-order valence-electron chi connectivity index (χ1n) is 9.66. The molecule has 2 amide bonds. The molecule has 2 N–H and O–H groups in total. The van der Waals surface area contributed by atoms with Crippen LogP contribution >= 0.6 is 22.9 Å². The summed E-state index contributed by atoms with van der Waals surface area (Å²) in [6.45, 7) is 8.48. The highest BCUT2D eigenvalue weighted by Gasteiger charge is 2.29. The number of aryl methyl sites for hydroxylation is 1. The molecule has 0 aliphatic carbocycles. The Morgan fingerprint density at radius 3 is 2.47 bits per heavy atom. The van der Waals surface area contributed by atoms with Crippen LogP contribution in [0.4, 0.5) is 9.39 Å². The van der Waals surface area contributed by atoms with Crippen molar-refractivity contribution in [2.45, 2.75) is 52.7 Å². The fraction of sp³-hybridized carbons (Fsp3) is 0.364. The minimum Gasteiger partial charge on any atom is -0.460 e. The number of carbonyl (C=O) groups excluding carboxylic acids is 4. The molecule has 0 fully saturated rings. The van der Waals surface area contributed by atoms with Crippen LogP contribution in [0.3, 0.4) is 0 Å². The van der Waals surface area contributed by atoms with Gasteiger partial charge in [-0.25, -0.2) is 4.39 Å². The van der Waals surface area contributed by atoms with Crippen LogP contribution in [0.5, 0.6) is 0 Å². The second-order valence-electron chi connectivity index (χ2n) is 8.06. The van der Waals surface area contributed by atoms with Crippen molar-refractivity contribution in [1.82, 2.24) is 5.32 Å². The van der Waals surface area contributed by atoms with Gasteiger partial charge in [-0.1, -0.05) is 11.6 Å². The highest BCUT2D eigenvalue weighted by Crippen LogP contribution is 2.35. The lowest BCUT2D eigenvalue weighted by Gasteiger charge is -2.21. The van der Waals surface area contributed by atoms with E-state index in [1.807, 2.05) is 0 Å². The zero-order valence-corrected chi connectivity index (χ0v) is 19.9. The third kappa shape index (κ3) is 6.37. The molecular weight excluding hydrogens is 459 g/mol. The predicted octanol–water partition coefficient (Wildman–Crippen LogP) is 4.17. The molecule has 7 nitrogen and oxygen atoms in total. The fourth-order valence-electron chi connectivity index (χ4n) is 2.86. The summed E-state index contributed by atoms with van der Waals surface area (Å²) >= 11 is 6.90. The normalized spacial score (nSPS) is 12.1. The van der Waals surface area contributed by atoms with Gasteiger partial charge in [-0.2, -0.15) is 0 Å². The Morgan fingerprint density at radius 2 is 1.91 bits per heavy atom. The summed E-state index contributed by atoms with van der Waals surface area (Å²) in [5, 5.41) is 5.21. The molecule has 172 valence electrons. The van der Waals surface area contributed by atoms with E-state index in [-0.39, 0.29) is 21.2 Å². The summed E-state index contributed by atoms with van der Waals surface area (Å²) in [5.41, 5.74) is -0.244. The number of hydrogen-bond acceptors (Lipinski definition) is 6. The van der Waals surface area contributed by atoms with Gasteiger partial charge in [-0.05, 0) is 58.4 Å². The molecule has 1 aromatic heterocycles. The molecule has 1 aromatic carbocycles. The van der Waals surface area contributed by atoms with Crippen LogP contribution in [-0.2, 0) is 19.1 Å². The topological polar surface area (TPSA) is 102 Å². The lowest BCUT2D eigenvalue weighted by Crippen LogP contribution is -2.42. The third-order valence-electron chi connectivity index (χ3n) is 4.40. The number of ether oxygens (including phenoxy) is 1. The second kappa shape index (κ2) is 10.2. The molecular formula is C22H24ClFN2O5S. The molecule has 32 heavy (non-hydrogen) atoms. The van der Waals surface area contributed by atoms with Gasteiger partial charge in [-0.3, -0.25) is 19.2 Å². The first-order valence-corrected chi connectivity index (χ1v) is 10.9. The smallest absolute Gasteiger partial charge is 0.308 e. The zero-order valence-electron chi connectivity index (χ0n) is 18.3. The number of nitrogens with one attached hydrogen (secondary N) is 2. The van der Waals surface area contributed by atoms with Crippen LogP contribution in [0.25, 0.3) is 0 Å². The van der Waals surface area contributed by atoms with Gasteiger partial charge in [0.1, 0.15) is 22.5 Å². The van der Waals surface area contributed by atoms with Crippen molar-refractivity contribution in [3.63, 3.8) is 0 Å². The molecule has 2 aromatic rings. The molecule has 10 heteroatoms. The van der Waals surface area contributed by atoms with E-state index in [0.29, 0.717) is 12.0 Å². The first kappa shape index (κ1) is 25.5. The van der Waals surface area contributed by atoms with E-state index in [4.69, 9.17) is 16.3 Å².